The van der Waals surface area contributed by atoms with Crippen LogP contribution in [0.4, 0.5) is 0 Å². The van der Waals surface area contributed by atoms with Crippen molar-refractivity contribution in [3.05, 3.63) is 0 Å². The zero-order chi connectivity index (χ0) is 13.6. The smallest absolute Gasteiger partial charge is 0.151 e. The van der Waals surface area contributed by atoms with Crippen molar-refractivity contribution in [2.75, 3.05) is 37.4 Å². The number of hydrogen-bond donors (Lipinski definition) is 0. The Morgan fingerprint density at radius 3 is 2.39 bits per heavy atom. The Morgan fingerprint density at radius 2 is 1.94 bits per heavy atom. The van der Waals surface area contributed by atoms with E-state index in [1.807, 2.05) is 13.2 Å². The number of piperidine rings is 1. The van der Waals surface area contributed by atoms with Crippen molar-refractivity contribution >= 4 is 21.6 Å². The summed E-state index contributed by atoms with van der Waals surface area (Å²) in [7, 11) is -2.88. The first-order chi connectivity index (χ1) is 8.47. The van der Waals surface area contributed by atoms with Crippen LogP contribution in [0.1, 0.15) is 26.2 Å². The lowest BCUT2D eigenvalue weighted by atomic mass is 9.97. The van der Waals surface area contributed by atoms with Crippen molar-refractivity contribution in [2.24, 2.45) is 0 Å². The molecule has 4 nitrogen and oxygen atoms in total. The number of hydrogen-bond acceptors (Lipinski definition) is 5. The van der Waals surface area contributed by atoms with Gasteiger partial charge in [0.1, 0.15) is 4.75 Å². The van der Waals surface area contributed by atoms with Crippen LogP contribution in [-0.4, -0.2) is 55.5 Å². The number of sulfone groups is 1. The van der Waals surface area contributed by atoms with Crippen LogP contribution in [0.2, 0.25) is 0 Å². The average Bonchev–Trinajstić information content (AvgIpc) is 2.37. The largest absolute Gasteiger partial charge is 0.302 e. The van der Waals surface area contributed by atoms with Crippen molar-refractivity contribution in [3.8, 4) is 6.07 Å². The summed E-state index contributed by atoms with van der Waals surface area (Å²) in [5.74, 6) is 0.535. The van der Waals surface area contributed by atoms with Gasteiger partial charge >= 0.3 is 0 Å². The number of likely N-dealkylation sites (tertiary alicyclic amines) is 1. The van der Waals surface area contributed by atoms with Gasteiger partial charge in [0, 0.05) is 25.4 Å². The fraction of sp³-hybridized carbons (Fsp3) is 0.917. The molecule has 0 atom stereocenters. The summed E-state index contributed by atoms with van der Waals surface area (Å²) in [5, 5.41) is 9.17. The molecular formula is C12H22N2O2S2. The maximum absolute atomic E-state index is 11.6. The van der Waals surface area contributed by atoms with Crippen LogP contribution in [0.5, 0.6) is 0 Å². The van der Waals surface area contributed by atoms with Crippen molar-refractivity contribution in [1.29, 1.82) is 5.26 Å². The van der Waals surface area contributed by atoms with Crippen molar-refractivity contribution in [1.82, 2.24) is 4.90 Å². The Balaban J connectivity index is 2.39. The van der Waals surface area contributed by atoms with Gasteiger partial charge in [-0.1, -0.05) is 6.92 Å². The molecule has 0 spiro atoms. The third-order valence-electron chi connectivity index (χ3n) is 3.49. The topological polar surface area (TPSA) is 61.2 Å². The van der Waals surface area contributed by atoms with Gasteiger partial charge in [-0.25, -0.2) is 8.42 Å². The Hall–Kier alpha value is -0.250. The Bertz CT molecular complexity index is 393. The molecule has 6 heteroatoms. The molecule has 1 aliphatic heterocycles. The molecule has 1 fully saturated rings. The quantitative estimate of drug-likeness (QED) is 0.742. The molecule has 0 aliphatic carbocycles. The van der Waals surface area contributed by atoms with E-state index in [0.717, 1.165) is 25.9 Å². The van der Waals surface area contributed by atoms with Crippen molar-refractivity contribution in [2.45, 2.75) is 30.9 Å². The Morgan fingerprint density at radius 1 is 1.33 bits per heavy atom. The molecule has 1 rings (SSSR count). The van der Waals surface area contributed by atoms with Gasteiger partial charge in [-0.3, -0.25) is 0 Å². The SMILES string of the molecule is CCCS(=O)(=O)CCN1CCC(C#N)(SC)CC1. The van der Waals surface area contributed by atoms with Crippen LogP contribution in [-0.2, 0) is 9.84 Å². The Kier molecular flexibility index (Phi) is 5.96. The van der Waals surface area contributed by atoms with Crippen LogP contribution < -0.4 is 0 Å². The predicted molar refractivity (Wildman–Crippen MR) is 76.5 cm³/mol. The standard InChI is InChI=1S/C12H22N2O2S2/c1-3-9-18(15,16)10-8-14-6-4-12(11-13,17-2)5-7-14/h3-10H2,1-2H3. The van der Waals surface area contributed by atoms with E-state index < -0.39 is 9.84 Å². The van der Waals surface area contributed by atoms with Gasteiger partial charge in [0.15, 0.2) is 9.84 Å². The van der Waals surface area contributed by atoms with Gasteiger partial charge in [0.05, 0.1) is 11.8 Å². The minimum atomic E-state index is -2.88. The first-order valence-corrected chi connectivity index (χ1v) is 9.41. The minimum absolute atomic E-state index is 0.250. The summed E-state index contributed by atoms with van der Waals surface area (Å²) in [6.07, 6.45) is 4.33. The maximum atomic E-state index is 11.6. The van der Waals surface area contributed by atoms with Crippen LogP contribution in [0.15, 0.2) is 0 Å². The molecule has 18 heavy (non-hydrogen) atoms. The highest BCUT2D eigenvalue weighted by Crippen LogP contribution is 2.33. The molecule has 0 bridgehead atoms. The van der Waals surface area contributed by atoms with E-state index in [2.05, 4.69) is 11.0 Å². The van der Waals surface area contributed by atoms with Crippen LogP contribution in [0, 0.1) is 11.3 Å². The summed E-state index contributed by atoms with van der Waals surface area (Å²) in [6, 6.07) is 2.40. The molecule has 0 N–H and O–H groups in total. The Labute approximate surface area is 115 Å². The zero-order valence-electron chi connectivity index (χ0n) is 11.2. The van der Waals surface area contributed by atoms with Crippen molar-refractivity contribution < 1.29 is 8.42 Å². The third kappa shape index (κ3) is 4.45. The van der Waals surface area contributed by atoms with E-state index in [-0.39, 0.29) is 16.3 Å². The molecule has 1 aliphatic rings. The van der Waals surface area contributed by atoms with Gasteiger partial charge < -0.3 is 4.90 Å². The number of nitrogens with zero attached hydrogens (tertiary/aromatic N) is 2. The zero-order valence-corrected chi connectivity index (χ0v) is 12.8. The lowest BCUT2D eigenvalue weighted by Crippen LogP contribution is -2.43. The van der Waals surface area contributed by atoms with Gasteiger partial charge in [0.2, 0.25) is 0 Å². The lowest BCUT2D eigenvalue weighted by molar-refractivity contribution is 0.228. The van der Waals surface area contributed by atoms with Gasteiger partial charge in [-0.05, 0) is 25.5 Å². The number of rotatable bonds is 6. The van der Waals surface area contributed by atoms with Gasteiger partial charge in [-0.2, -0.15) is 5.26 Å². The molecule has 1 heterocycles. The summed E-state index contributed by atoms with van der Waals surface area (Å²) in [6.45, 7) is 4.16. The molecule has 0 amide bonds. The second-order valence-electron chi connectivity index (χ2n) is 4.80. The molecule has 0 saturated carbocycles. The van der Waals surface area contributed by atoms with Gasteiger partial charge in [0.25, 0.3) is 0 Å². The summed E-state index contributed by atoms with van der Waals surface area (Å²) in [4.78, 5) is 2.17. The lowest BCUT2D eigenvalue weighted by Gasteiger charge is -2.36. The van der Waals surface area contributed by atoms with Crippen LogP contribution >= 0.6 is 11.8 Å². The molecule has 0 aromatic rings. The first kappa shape index (κ1) is 15.8. The van der Waals surface area contributed by atoms with Gasteiger partial charge in [-0.15, -0.1) is 11.8 Å². The molecule has 0 radical (unpaired) electrons. The maximum Gasteiger partial charge on any atom is 0.151 e. The normalized spacial score (nSPS) is 20.5. The van der Waals surface area contributed by atoms with E-state index >= 15 is 0 Å². The second kappa shape index (κ2) is 6.78. The van der Waals surface area contributed by atoms with Crippen molar-refractivity contribution in [3.63, 3.8) is 0 Å². The summed E-state index contributed by atoms with van der Waals surface area (Å²) in [5.41, 5.74) is 0. The highest BCUT2D eigenvalue weighted by Gasteiger charge is 2.33. The highest BCUT2D eigenvalue weighted by atomic mass is 32.2. The average molecular weight is 290 g/mol. The van der Waals surface area contributed by atoms with E-state index in [4.69, 9.17) is 0 Å². The van der Waals surface area contributed by atoms with E-state index in [0.29, 0.717) is 13.0 Å². The van der Waals surface area contributed by atoms with Crippen LogP contribution in [0.3, 0.4) is 0 Å². The molecule has 104 valence electrons. The highest BCUT2D eigenvalue weighted by molar-refractivity contribution is 8.00. The second-order valence-corrected chi connectivity index (χ2v) is 8.30. The van der Waals surface area contributed by atoms with E-state index in [1.54, 1.807) is 11.8 Å². The summed E-state index contributed by atoms with van der Waals surface area (Å²) < 4.78 is 23.0. The third-order valence-corrected chi connectivity index (χ3v) is 6.61. The molecule has 0 aromatic carbocycles. The number of nitriles is 1. The van der Waals surface area contributed by atoms with Crippen LogP contribution in [0.25, 0.3) is 0 Å². The molecule has 1 saturated heterocycles. The monoisotopic (exact) mass is 290 g/mol. The van der Waals surface area contributed by atoms with E-state index in [1.165, 1.54) is 0 Å². The predicted octanol–water partition coefficient (Wildman–Crippen LogP) is 1.53. The number of thioether (sulfide) groups is 1. The minimum Gasteiger partial charge on any atom is -0.302 e. The molecule has 0 aromatic heterocycles. The van der Waals surface area contributed by atoms with E-state index in [9.17, 15) is 13.7 Å². The summed E-state index contributed by atoms with van der Waals surface area (Å²) >= 11 is 1.62. The fourth-order valence-corrected chi connectivity index (χ4v) is 4.23. The fourth-order valence-electron chi connectivity index (χ4n) is 2.18. The molecule has 0 unspecified atom stereocenters. The first-order valence-electron chi connectivity index (χ1n) is 6.36. The molecular weight excluding hydrogens is 268 g/mol.